The largest absolute Gasteiger partial charge is 0.508 e. The van der Waals surface area contributed by atoms with Crippen LogP contribution < -0.4 is 5.32 Å². The van der Waals surface area contributed by atoms with Gasteiger partial charge in [0.05, 0.1) is 0 Å². The summed E-state index contributed by atoms with van der Waals surface area (Å²) >= 11 is 5.31. The van der Waals surface area contributed by atoms with Crippen molar-refractivity contribution in [2.75, 3.05) is 5.88 Å². The number of phenolic OH excluding ortho intramolecular Hbond substituents is 1. The molecule has 0 bridgehead atoms. The van der Waals surface area contributed by atoms with Crippen molar-refractivity contribution >= 4 is 23.3 Å². The summed E-state index contributed by atoms with van der Waals surface area (Å²) in [4.78, 5) is 22.0. The van der Waals surface area contributed by atoms with Gasteiger partial charge in [0.15, 0.2) is 5.78 Å². The molecule has 0 heterocycles. The number of alkyl halides is 1. The molecule has 1 rings (SSSR count). The van der Waals surface area contributed by atoms with Crippen molar-refractivity contribution in [3.8, 4) is 5.75 Å². The van der Waals surface area contributed by atoms with E-state index in [9.17, 15) is 14.7 Å². The highest BCUT2D eigenvalue weighted by Crippen LogP contribution is 2.18. The van der Waals surface area contributed by atoms with Crippen molar-refractivity contribution in [3.05, 3.63) is 29.3 Å². The van der Waals surface area contributed by atoms with Gasteiger partial charge in [0.25, 0.3) is 0 Å². The summed E-state index contributed by atoms with van der Waals surface area (Å²) in [5.74, 6) is -0.508. The van der Waals surface area contributed by atoms with Gasteiger partial charge in [0.1, 0.15) is 11.6 Å². The number of carbonyl (C=O) groups is 2. The Morgan fingerprint density at radius 3 is 2.69 bits per heavy atom. The van der Waals surface area contributed by atoms with Gasteiger partial charge in [0.2, 0.25) is 5.91 Å². The van der Waals surface area contributed by atoms with E-state index in [4.69, 9.17) is 11.6 Å². The van der Waals surface area contributed by atoms with Gasteiger partial charge in [-0.2, -0.15) is 0 Å². The van der Waals surface area contributed by atoms with Crippen molar-refractivity contribution < 1.29 is 14.7 Å². The molecule has 0 aliphatic carbocycles. The van der Waals surface area contributed by atoms with Gasteiger partial charge in [0, 0.05) is 17.7 Å². The number of rotatable bonds is 4. The number of Topliss-reactive ketones (excluding diaryl/α,β-unsaturated/α-hetero) is 1. The van der Waals surface area contributed by atoms with Crippen LogP contribution in [0.3, 0.4) is 0 Å². The Morgan fingerprint density at radius 2 is 2.12 bits per heavy atom. The number of carbonyl (C=O) groups excluding carboxylic acids is 2. The minimum Gasteiger partial charge on any atom is -0.508 e. The highest BCUT2D eigenvalue weighted by Gasteiger charge is 2.07. The monoisotopic (exact) mass is 241 g/mol. The molecule has 5 heteroatoms. The molecule has 0 saturated heterocycles. The number of phenols is 1. The van der Waals surface area contributed by atoms with Gasteiger partial charge in [-0.25, -0.2) is 0 Å². The lowest BCUT2D eigenvalue weighted by atomic mass is 10.1. The van der Waals surface area contributed by atoms with E-state index in [1.165, 1.54) is 19.1 Å². The molecule has 0 saturated carbocycles. The molecule has 0 aliphatic heterocycles. The molecule has 0 spiro atoms. The van der Waals surface area contributed by atoms with Crippen LogP contribution in [0.5, 0.6) is 5.75 Å². The lowest BCUT2D eigenvalue weighted by molar-refractivity contribution is -0.118. The molecule has 86 valence electrons. The van der Waals surface area contributed by atoms with Crippen LogP contribution >= 0.6 is 11.6 Å². The van der Waals surface area contributed by atoms with Crippen LogP contribution in [-0.2, 0) is 11.3 Å². The third kappa shape index (κ3) is 3.24. The highest BCUT2D eigenvalue weighted by atomic mass is 35.5. The van der Waals surface area contributed by atoms with Crippen LogP contribution in [0.1, 0.15) is 22.8 Å². The van der Waals surface area contributed by atoms with E-state index in [2.05, 4.69) is 5.32 Å². The van der Waals surface area contributed by atoms with Crippen LogP contribution in [0, 0.1) is 0 Å². The van der Waals surface area contributed by atoms with Crippen LogP contribution in [0.25, 0.3) is 0 Å². The third-order valence-electron chi connectivity index (χ3n) is 2.08. The van der Waals surface area contributed by atoms with Crippen LogP contribution in [0.2, 0.25) is 0 Å². The normalized spacial score (nSPS) is 9.88. The summed E-state index contributed by atoms with van der Waals surface area (Å²) in [6.45, 7) is 1.59. The quantitative estimate of drug-likeness (QED) is 0.619. The second kappa shape index (κ2) is 5.51. The fourth-order valence-electron chi connectivity index (χ4n) is 1.19. The molecule has 0 unspecified atom stereocenters. The lowest BCUT2D eigenvalue weighted by Gasteiger charge is -2.07. The van der Waals surface area contributed by atoms with Gasteiger partial charge in [-0.05, 0) is 25.1 Å². The molecule has 4 nitrogen and oxygen atoms in total. The zero-order chi connectivity index (χ0) is 12.1. The Labute approximate surface area is 98.2 Å². The van der Waals surface area contributed by atoms with Crippen LogP contribution in [0.4, 0.5) is 0 Å². The van der Waals surface area contributed by atoms with E-state index in [1.807, 2.05) is 0 Å². The van der Waals surface area contributed by atoms with E-state index in [0.29, 0.717) is 11.1 Å². The minimum absolute atomic E-state index is 0.0415. The molecule has 1 aromatic carbocycles. The topological polar surface area (TPSA) is 66.4 Å². The number of benzene rings is 1. The minimum atomic E-state index is -0.325. The lowest BCUT2D eigenvalue weighted by Crippen LogP contribution is -2.23. The van der Waals surface area contributed by atoms with Gasteiger partial charge >= 0.3 is 0 Å². The van der Waals surface area contributed by atoms with Crippen LogP contribution in [-0.4, -0.2) is 22.7 Å². The predicted octanol–water partition coefficient (Wildman–Crippen LogP) is 1.45. The van der Waals surface area contributed by atoms with Crippen LogP contribution in [0.15, 0.2) is 18.2 Å². The number of hydrogen-bond acceptors (Lipinski definition) is 3. The Bertz CT molecular complexity index is 418. The standard InChI is InChI=1S/C11H12ClNO3/c1-7(14)8-2-3-10(15)9(4-8)6-13-11(16)5-12/h2-4,15H,5-6H2,1H3,(H,13,16). The number of halogens is 1. The van der Waals surface area contributed by atoms with Crippen molar-refractivity contribution in [1.29, 1.82) is 0 Å². The molecule has 0 aliphatic rings. The first-order valence-corrected chi connectivity index (χ1v) is 5.23. The molecular weight excluding hydrogens is 230 g/mol. The maximum absolute atomic E-state index is 11.1. The van der Waals surface area contributed by atoms with E-state index >= 15 is 0 Å². The molecule has 0 radical (unpaired) electrons. The average molecular weight is 242 g/mol. The van der Waals surface area contributed by atoms with Crippen molar-refractivity contribution in [2.24, 2.45) is 0 Å². The molecule has 1 amide bonds. The maximum Gasteiger partial charge on any atom is 0.235 e. The van der Waals surface area contributed by atoms with Crippen molar-refractivity contribution in [1.82, 2.24) is 5.32 Å². The summed E-state index contributed by atoms with van der Waals surface area (Å²) in [5, 5.41) is 12.0. The zero-order valence-corrected chi connectivity index (χ0v) is 9.54. The van der Waals surface area contributed by atoms with Gasteiger partial charge in [-0.1, -0.05) is 0 Å². The first-order valence-electron chi connectivity index (χ1n) is 4.70. The first-order chi connectivity index (χ1) is 7.54. The predicted molar refractivity (Wildman–Crippen MR) is 60.7 cm³/mol. The summed E-state index contributed by atoms with van der Waals surface area (Å²) in [5.41, 5.74) is 0.985. The van der Waals surface area contributed by atoms with E-state index in [0.717, 1.165) is 0 Å². The number of amides is 1. The molecule has 2 N–H and O–H groups in total. The molecular formula is C11H12ClNO3. The number of aromatic hydroxyl groups is 1. The summed E-state index contributed by atoms with van der Waals surface area (Å²) in [7, 11) is 0. The second-order valence-electron chi connectivity index (χ2n) is 3.31. The van der Waals surface area contributed by atoms with E-state index < -0.39 is 0 Å². The molecule has 0 aromatic heterocycles. The van der Waals surface area contributed by atoms with E-state index in [1.54, 1.807) is 6.07 Å². The molecule has 0 atom stereocenters. The summed E-state index contributed by atoms with van der Waals surface area (Å²) in [6, 6.07) is 4.51. The zero-order valence-electron chi connectivity index (χ0n) is 8.79. The maximum atomic E-state index is 11.1. The SMILES string of the molecule is CC(=O)c1ccc(O)c(CNC(=O)CCl)c1. The highest BCUT2D eigenvalue weighted by molar-refractivity contribution is 6.27. The van der Waals surface area contributed by atoms with Crippen molar-refractivity contribution in [3.63, 3.8) is 0 Å². The van der Waals surface area contributed by atoms with Crippen molar-refractivity contribution in [2.45, 2.75) is 13.5 Å². The Morgan fingerprint density at radius 1 is 1.44 bits per heavy atom. The fraction of sp³-hybridized carbons (Fsp3) is 0.273. The number of ketones is 1. The second-order valence-corrected chi connectivity index (χ2v) is 3.58. The third-order valence-corrected chi connectivity index (χ3v) is 2.33. The Balaban J connectivity index is 2.82. The Kier molecular flexibility index (Phi) is 4.31. The molecule has 1 aromatic rings. The van der Waals surface area contributed by atoms with Gasteiger partial charge in [-0.15, -0.1) is 11.6 Å². The molecule has 16 heavy (non-hydrogen) atoms. The summed E-state index contributed by atoms with van der Waals surface area (Å²) in [6.07, 6.45) is 0. The fourth-order valence-corrected chi connectivity index (χ4v) is 1.28. The summed E-state index contributed by atoms with van der Waals surface area (Å²) < 4.78 is 0. The molecule has 0 fully saturated rings. The number of nitrogens with one attached hydrogen (secondary N) is 1. The average Bonchev–Trinajstić information content (AvgIpc) is 2.27. The Hall–Kier alpha value is -1.55. The number of hydrogen-bond donors (Lipinski definition) is 2. The van der Waals surface area contributed by atoms with Gasteiger partial charge in [-0.3, -0.25) is 9.59 Å². The smallest absolute Gasteiger partial charge is 0.235 e. The van der Waals surface area contributed by atoms with E-state index in [-0.39, 0.29) is 29.9 Å². The first kappa shape index (κ1) is 12.5. The van der Waals surface area contributed by atoms with Gasteiger partial charge < -0.3 is 10.4 Å².